The lowest BCUT2D eigenvalue weighted by Gasteiger charge is -2.09. The van der Waals surface area contributed by atoms with E-state index in [9.17, 15) is 4.39 Å². The van der Waals surface area contributed by atoms with Gasteiger partial charge in [0, 0.05) is 25.2 Å². The van der Waals surface area contributed by atoms with Crippen molar-refractivity contribution in [3.63, 3.8) is 0 Å². The summed E-state index contributed by atoms with van der Waals surface area (Å²) in [7, 11) is 1.66. The molecule has 0 bridgehead atoms. The van der Waals surface area contributed by atoms with E-state index in [0.717, 1.165) is 22.7 Å². The highest BCUT2D eigenvalue weighted by atomic mass is 19.1. The number of nitrogens with zero attached hydrogens (tertiary/aromatic N) is 3. The van der Waals surface area contributed by atoms with Crippen LogP contribution in [-0.4, -0.2) is 21.5 Å². The number of methoxy groups -OCH3 is 1. The molecule has 3 aromatic heterocycles. The van der Waals surface area contributed by atoms with Crippen LogP contribution in [0.3, 0.4) is 0 Å². The van der Waals surface area contributed by atoms with Gasteiger partial charge < -0.3 is 10.1 Å². The molecule has 0 saturated carbocycles. The van der Waals surface area contributed by atoms with Gasteiger partial charge >= 0.3 is 0 Å². The van der Waals surface area contributed by atoms with Gasteiger partial charge in [0.25, 0.3) is 0 Å². The molecule has 6 heteroatoms. The van der Waals surface area contributed by atoms with Gasteiger partial charge in [-0.2, -0.15) is 0 Å². The molecule has 4 rings (SSSR count). The smallest absolute Gasteiger partial charge is 0.144 e. The zero-order valence-corrected chi connectivity index (χ0v) is 14.2. The lowest BCUT2D eigenvalue weighted by Crippen LogP contribution is -1.99. The quantitative estimate of drug-likeness (QED) is 0.580. The molecule has 4 aromatic rings. The van der Waals surface area contributed by atoms with Crippen LogP contribution in [0.5, 0.6) is 0 Å². The van der Waals surface area contributed by atoms with Gasteiger partial charge in [0.1, 0.15) is 23.0 Å². The van der Waals surface area contributed by atoms with E-state index in [2.05, 4.69) is 10.3 Å². The van der Waals surface area contributed by atoms with E-state index in [1.54, 1.807) is 19.4 Å². The number of aromatic nitrogens is 3. The number of halogens is 1. The standard InChI is InChI=1S/C20H17FN4O/c1-26-13-14-8-9-18-24-19(17-7-2-3-10-22-17)20(25(18)12-14)23-16-6-4-5-15(21)11-16/h2-12,23H,13H2,1H3. The first-order chi connectivity index (χ1) is 12.7. The minimum Gasteiger partial charge on any atom is -0.380 e. The fraction of sp³-hybridized carbons (Fsp3) is 0.100. The highest BCUT2D eigenvalue weighted by Crippen LogP contribution is 2.30. The van der Waals surface area contributed by atoms with Gasteiger partial charge in [0.15, 0.2) is 0 Å². The van der Waals surface area contributed by atoms with Crippen molar-refractivity contribution in [1.29, 1.82) is 0 Å². The molecule has 1 N–H and O–H groups in total. The van der Waals surface area contributed by atoms with Crippen molar-refractivity contribution < 1.29 is 9.13 Å². The Morgan fingerprint density at radius 2 is 2.04 bits per heavy atom. The van der Waals surface area contributed by atoms with Crippen LogP contribution in [0.2, 0.25) is 0 Å². The van der Waals surface area contributed by atoms with Crippen LogP contribution in [0.4, 0.5) is 15.9 Å². The maximum Gasteiger partial charge on any atom is 0.144 e. The number of rotatable bonds is 5. The average Bonchev–Trinajstić information content (AvgIpc) is 3.01. The molecule has 3 heterocycles. The van der Waals surface area contributed by atoms with Gasteiger partial charge in [-0.25, -0.2) is 9.37 Å². The summed E-state index contributed by atoms with van der Waals surface area (Å²) in [4.78, 5) is 9.11. The minimum atomic E-state index is -0.303. The van der Waals surface area contributed by atoms with Gasteiger partial charge in [0.2, 0.25) is 0 Å². The lowest BCUT2D eigenvalue weighted by molar-refractivity contribution is 0.184. The van der Waals surface area contributed by atoms with Gasteiger partial charge in [-0.05, 0) is 42.0 Å². The highest BCUT2D eigenvalue weighted by Gasteiger charge is 2.16. The number of benzene rings is 1. The fourth-order valence-corrected chi connectivity index (χ4v) is 2.84. The van der Waals surface area contributed by atoms with Crippen molar-refractivity contribution in [3.8, 4) is 11.4 Å². The molecule has 0 amide bonds. The molecular formula is C20H17FN4O. The Bertz CT molecular complexity index is 1050. The van der Waals surface area contributed by atoms with Crippen LogP contribution >= 0.6 is 0 Å². The number of nitrogens with one attached hydrogen (secondary N) is 1. The highest BCUT2D eigenvalue weighted by molar-refractivity contribution is 5.78. The van der Waals surface area contributed by atoms with Crippen LogP contribution in [0.1, 0.15) is 5.56 Å². The van der Waals surface area contributed by atoms with E-state index in [1.807, 2.05) is 47.0 Å². The number of fused-ring (bicyclic) bond motifs is 1. The average molecular weight is 348 g/mol. The molecule has 1 aromatic carbocycles. The molecule has 0 aliphatic heterocycles. The van der Waals surface area contributed by atoms with Crippen molar-refractivity contribution in [2.75, 3.05) is 12.4 Å². The van der Waals surface area contributed by atoms with Crippen LogP contribution < -0.4 is 5.32 Å². The predicted molar refractivity (Wildman–Crippen MR) is 98.8 cm³/mol. The van der Waals surface area contributed by atoms with Gasteiger partial charge in [-0.15, -0.1) is 0 Å². The number of anilines is 2. The maximum absolute atomic E-state index is 13.6. The van der Waals surface area contributed by atoms with E-state index in [4.69, 9.17) is 9.72 Å². The summed E-state index contributed by atoms with van der Waals surface area (Å²) in [6, 6.07) is 15.9. The molecule has 0 atom stereocenters. The van der Waals surface area contributed by atoms with Crippen molar-refractivity contribution in [2.45, 2.75) is 6.61 Å². The van der Waals surface area contributed by atoms with Gasteiger partial charge in [-0.3, -0.25) is 9.38 Å². The van der Waals surface area contributed by atoms with Crippen LogP contribution in [0, 0.1) is 5.82 Å². The maximum atomic E-state index is 13.6. The van der Waals surface area contributed by atoms with E-state index in [0.29, 0.717) is 18.0 Å². The summed E-state index contributed by atoms with van der Waals surface area (Å²) in [5.74, 6) is 0.422. The Hall–Kier alpha value is -3.25. The molecule has 0 unspecified atom stereocenters. The number of pyridine rings is 2. The van der Waals surface area contributed by atoms with Crippen LogP contribution in [-0.2, 0) is 11.3 Å². The summed E-state index contributed by atoms with van der Waals surface area (Å²) >= 11 is 0. The third-order valence-corrected chi connectivity index (χ3v) is 3.99. The third kappa shape index (κ3) is 3.14. The molecular weight excluding hydrogens is 331 g/mol. The van der Waals surface area contributed by atoms with E-state index in [-0.39, 0.29) is 5.82 Å². The summed E-state index contributed by atoms with van der Waals surface area (Å²) in [5.41, 5.74) is 3.85. The zero-order chi connectivity index (χ0) is 17.9. The SMILES string of the molecule is COCc1ccc2nc(-c3ccccn3)c(Nc3cccc(F)c3)n2c1. The number of hydrogen-bond donors (Lipinski definition) is 1. The Balaban J connectivity index is 1.89. The molecule has 0 aliphatic carbocycles. The Labute approximate surface area is 150 Å². The van der Waals surface area contributed by atoms with Crippen LogP contribution in [0.15, 0.2) is 67.0 Å². The Kier molecular flexibility index (Phi) is 4.33. The van der Waals surface area contributed by atoms with Crippen LogP contribution in [0.25, 0.3) is 17.0 Å². The summed E-state index contributed by atoms with van der Waals surface area (Å²) in [6.45, 7) is 0.493. The fourth-order valence-electron chi connectivity index (χ4n) is 2.84. The lowest BCUT2D eigenvalue weighted by atomic mass is 10.2. The first kappa shape index (κ1) is 16.2. The van der Waals surface area contributed by atoms with Gasteiger partial charge in [0.05, 0.1) is 12.3 Å². The number of ether oxygens (including phenoxy) is 1. The van der Waals surface area contributed by atoms with E-state index in [1.165, 1.54) is 12.1 Å². The van der Waals surface area contributed by atoms with Crippen molar-refractivity contribution in [1.82, 2.24) is 14.4 Å². The second-order valence-electron chi connectivity index (χ2n) is 5.86. The van der Waals surface area contributed by atoms with Crippen molar-refractivity contribution in [3.05, 3.63) is 78.4 Å². The van der Waals surface area contributed by atoms with E-state index < -0.39 is 0 Å². The molecule has 26 heavy (non-hydrogen) atoms. The normalized spacial score (nSPS) is 11.0. The zero-order valence-electron chi connectivity index (χ0n) is 14.2. The molecule has 0 aliphatic rings. The Morgan fingerprint density at radius 1 is 1.12 bits per heavy atom. The van der Waals surface area contributed by atoms with Crippen molar-refractivity contribution >= 4 is 17.2 Å². The summed E-state index contributed by atoms with van der Waals surface area (Å²) in [6.07, 6.45) is 3.68. The second-order valence-corrected chi connectivity index (χ2v) is 5.86. The molecule has 130 valence electrons. The number of imidazole rings is 1. The Morgan fingerprint density at radius 3 is 2.81 bits per heavy atom. The monoisotopic (exact) mass is 348 g/mol. The molecule has 0 radical (unpaired) electrons. The van der Waals surface area contributed by atoms with Gasteiger partial charge in [-0.1, -0.05) is 18.2 Å². The largest absolute Gasteiger partial charge is 0.380 e. The molecule has 5 nitrogen and oxygen atoms in total. The molecule has 0 fully saturated rings. The number of hydrogen-bond acceptors (Lipinski definition) is 4. The third-order valence-electron chi connectivity index (χ3n) is 3.99. The molecule has 0 saturated heterocycles. The minimum absolute atomic E-state index is 0.303. The predicted octanol–water partition coefficient (Wildman–Crippen LogP) is 4.43. The topological polar surface area (TPSA) is 51.5 Å². The molecule has 0 spiro atoms. The van der Waals surface area contributed by atoms with Crippen molar-refractivity contribution in [2.24, 2.45) is 0 Å². The first-order valence-electron chi connectivity index (χ1n) is 8.18. The summed E-state index contributed by atoms with van der Waals surface area (Å²) < 4.78 is 20.8. The second kappa shape index (κ2) is 6.93. The summed E-state index contributed by atoms with van der Waals surface area (Å²) in [5, 5.41) is 3.28. The first-order valence-corrected chi connectivity index (χ1v) is 8.18. The van der Waals surface area contributed by atoms with E-state index >= 15 is 0 Å².